The van der Waals surface area contributed by atoms with Gasteiger partial charge >= 0.3 is 8.80 Å². The molecule has 6 heteroatoms. The summed E-state index contributed by atoms with van der Waals surface area (Å²) in [7, 11) is -2.81. The van der Waals surface area contributed by atoms with Crippen molar-refractivity contribution in [3.8, 4) is 0 Å². The standard InChI is InChI=1S/C12H26O5Si/c1-5-9-13-12(11-10-14-11)18(15-6-2,16-7-3)17-8-4/h11-12H,5-10H2,1-4H3. The summed E-state index contributed by atoms with van der Waals surface area (Å²) in [5.41, 5.74) is -0.197. The zero-order chi connectivity index (χ0) is 13.4. The lowest BCUT2D eigenvalue weighted by atomic mass is 10.5. The molecule has 0 spiro atoms. The van der Waals surface area contributed by atoms with Crippen molar-refractivity contribution in [2.75, 3.05) is 33.0 Å². The van der Waals surface area contributed by atoms with Crippen LogP contribution in [0.25, 0.3) is 0 Å². The van der Waals surface area contributed by atoms with E-state index in [2.05, 4.69) is 6.92 Å². The Morgan fingerprint density at radius 1 is 1.06 bits per heavy atom. The maximum Gasteiger partial charge on any atom is 0.534 e. The summed E-state index contributed by atoms with van der Waals surface area (Å²) >= 11 is 0. The number of hydrogen-bond donors (Lipinski definition) is 0. The monoisotopic (exact) mass is 278 g/mol. The molecule has 1 saturated heterocycles. The van der Waals surface area contributed by atoms with Gasteiger partial charge in [-0.25, -0.2) is 0 Å². The van der Waals surface area contributed by atoms with E-state index in [9.17, 15) is 0 Å². The normalized spacial score (nSPS) is 21.0. The smallest absolute Gasteiger partial charge is 0.372 e. The highest BCUT2D eigenvalue weighted by Crippen LogP contribution is 2.28. The van der Waals surface area contributed by atoms with Gasteiger partial charge < -0.3 is 22.8 Å². The fourth-order valence-corrected chi connectivity index (χ4v) is 4.81. The molecule has 0 aliphatic carbocycles. The molecule has 108 valence electrons. The Bertz CT molecular complexity index is 205. The van der Waals surface area contributed by atoms with Gasteiger partial charge in [0.25, 0.3) is 0 Å². The van der Waals surface area contributed by atoms with Crippen molar-refractivity contribution in [2.45, 2.75) is 45.9 Å². The molecule has 2 unspecified atom stereocenters. The van der Waals surface area contributed by atoms with Crippen molar-refractivity contribution < 1.29 is 22.8 Å². The highest BCUT2D eigenvalue weighted by atomic mass is 28.4. The molecule has 1 aliphatic heterocycles. The third kappa shape index (κ3) is 4.29. The maximum absolute atomic E-state index is 5.90. The predicted molar refractivity (Wildman–Crippen MR) is 70.4 cm³/mol. The van der Waals surface area contributed by atoms with Crippen LogP contribution in [0.1, 0.15) is 34.1 Å². The van der Waals surface area contributed by atoms with Crippen molar-refractivity contribution in [1.29, 1.82) is 0 Å². The summed E-state index contributed by atoms with van der Waals surface area (Å²) < 4.78 is 28.9. The van der Waals surface area contributed by atoms with E-state index in [-0.39, 0.29) is 11.8 Å². The Labute approximate surface area is 111 Å². The largest absolute Gasteiger partial charge is 0.534 e. The average Bonchev–Trinajstić information content (AvgIpc) is 3.15. The Balaban J connectivity index is 2.78. The van der Waals surface area contributed by atoms with Crippen LogP contribution >= 0.6 is 0 Å². The van der Waals surface area contributed by atoms with E-state index in [1.165, 1.54) is 0 Å². The molecular weight excluding hydrogens is 252 g/mol. The molecule has 0 aromatic heterocycles. The second-order valence-corrected chi connectivity index (χ2v) is 6.71. The van der Waals surface area contributed by atoms with E-state index in [0.717, 1.165) is 6.42 Å². The molecule has 0 aromatic carbocycles. The van der Waals surface area contributed by atoms with E-state index < -0.39 is 8.80 Å². The molecule has 18 heavy (non-hydrogen) atoms. The molecule has 0 amide bonds. The molecule has 1 aliphatic rings. The zero-order valence-corrected chi connectivity index (χ0v) is 12.9. The molecule has 0 bridgehead atoms. The van der Waals surface area contributed by atoms with Gasteiger partial charge in [0.05, 0.1) is 6.61 Å². The van der Waals surface area contributed by atoms with Crippen molar-refractivity contribution in [1.82, 2.24) is 0 Å². The van der Waals surface area contributed by atoms with Crippen LogP contribution < -0.4 is 0 Å². The van der Waals surface area contributed by atoms with Gasteiger partial charge in [-0.05, 0) is 27.2 Å². The van der Waals surface area contributed by atoms with Gasteiger partial charge in [0, 0.05) is 26.4 Å². The molecule has 1 rings (SSSR count). The SMILES string of the molecule is CCCOC(C1CO1)[Si](OCC)(OCC)OCC. The van der Waals surface area contributed by atoms with Gasteiger partial charge in [0.15, 0.2) is 5.73 Å². The van der Waals surface area contributed by atoms with Crippen molar-refractivity contribution in [3.05, 3.63) is 0 Å². The first kappa shape index (κ1) is 16.1. The quantitative estimate of drug-likeness (QED) is 0.426. The highest BCUT2D eigenvalue weighted by Gasteiger charge is 2.57. The molecule has 1 fully saturated rings. The molecule has 5 nitrogen and oxygen atoms in total. The van der Waals surface area contributed by atoms with E-state index in [4.69, 9.17) is 22.8 Å². The third-order valence-corrected chi connectivity index (χ3v) is 5.89. The lowest BCUT2D eigenvalue weighted by Crippen LogP contribution is -2.60. The van der Waals surface area contributed by atoms with Crippen LogP contribution in [0.15, 0.2) is 0 Å². The Morgan fingerprint density at radius 2 is 1.56 bits per heavy atom. The summed E-state index contributed by atoms with van der Waals surface area (Å²) in [6.07, 6.45) is 1.02. The van der Waals surface area contributed by atoms with Crippen molar-refractivity contribution in [3.63, 3.8) is 0 Å². The fraction of sp³-hybridized carbons (Fsp3) is 1.00. The summed E-state index contributed by atoms with van der Waals surface area (Å²) in [5, 5.41) is 0. The molecule has 1 heterocycles. The minimum absolute atomic E-state index is 0.0628. The van der Waals surface area contributed by atoms with Gasteiger partial charge in [0.2, 0.25) is 0 Å². The van der Waals surface area contributed by atoms with E-state index in [0.29, 0.717) is 33.0 Å². The Morgan fingerprint density at radius 3 is 1.89 bits per heavy atom. The van der Waals surface area contributed by atoms with Gasteiger partial charge in [0.1, 0.15) is 6.10 Å². The first-order valence-corrected chi connectivity index (χ1v) is 8.69. The van der Waals surface area contributed by atoms with Gasteiger partial charge in [-0.1, -0.05) is 6.92 Å². The topological polar surface area (TPSA) is 49.5 Å². The fourth-order valence-electron chi connectivity index (χ4n) is 1.89. The molecular formula is C12H26O5Si. The molecule has 0 radical (unpaired) electrons. The molecule has 0 saturated carbocycles. The number of epoxide rings is 1. The predicted octanol–water partition coefficient (Wildman–Crippen LogP) is 1.77. The van der Waals surface area contributed by atoms with Crippen LogP contribution in [-0.2, 0) is 22.8 Å². The van der Waals surface area contributed by atoms with Gasteiger partial charge in [-0.2, -0.15) is 0 Å². The maximum atomic E-state index is 5.90. The van der Waals surface area contributed by atoms with Crippen LogP contribution in [0.4, 0.5) is 0 Å². The minimum atomic E-state index is -2.81. The Kier molecular flexibility index (Phi) is 7.36. The number of ether oxygens (including phenoxy) is 2. The van der Waals surface area contributed by atoms with Crippen molar-refractivity contribution >= 4 is 8.80 Å². The summed E-state index contributed by atoms with van der Waals surface area (Å²) in [4.78, 5) is 0. The third-order valence-electron chi connectivity index (χ3n) is 2.58. The van der Waals surface area contributed by atoms with E-state index in [1.807, 2.05) is 20.8 Å². The second-order valence-electron chi connectivity index (χ2n) is 4.07. The summed E-state index contributed by atoms with van der Waals surface area (Å²) in [6.45, 7) is 11.0. The first-order chi connectivity index (χ1) is 8.74. The lowest BCUT2D eigenvalue weighted by Gasteiger charge is -2.34. The van der Waals surface area contributed by atoms with Crippen LogP contribution in [0.2, 0.25) is 0 Å². The minimum Gasteiger partial charge on any atom is -0.372 e. The van der Waals surface area contributed by atoms with Crippen LogP contribution in [-0.4, -0.2) is 53.7 Å². The zero-order valence-electron chi connectivity index (χ0n) is 11.9. The van der Waals surface area contributed by atoms with Crippen LogP contribution in [0.3, 0.4) is 0 Å². The van der Waals surface area contributed by atoms with Crippen LogP contribution in [0.5, 0.6) is 0 Å². The number of hydrogen-bond acceptors (Lipinski definition) is 5. The highest BCUT2D eigenvalue weighted by molar-refractivity contribution is 6.62. The molecule has 0 N–H and O–H groups in total. The van der Waals surface area contributed by atoms with Crippen molar-refractivity contribution in [2.24, 2.45) is 0 Å². The van der Waals surface area contributed by atoms with E-state index >= 15 is 0 Å². The van der Waals surface area contributed by atoms with Gasteiger partial charge in [-0.15, -0.1) is 0 Å². The van der Waals surface area contributed by atoms with Crippen LogP contribution in [0, 0.1) is 0 Å². The first-order valence-electron chi connectivity index (χ1n) is 6.89. The summed E-state index contributed by atoms with van der Waals surface area (Å²) in [5.74, 6) is 0. The Hall–Kier alpha value is 0.0169. The lowest BCUT2D eigenvalue weighted by molar-refractivity contribution is -0.0192. The molecule has 2 atom stereocenters. The second kappa shape index (κ2) is 8.24. The van der Waals surface area contributed by atoms with Gasteiger partial charge in [-0.3, -0.25) is 0 Å². The summed E-state index contributed by atoms with van der Waals surface area (Å²) in [6, 6.07) is 0. The molecule has 0 aromatic rings. The van der Waals surface area contributed by atoms with E-state index in [1.54, 1.807) is 0 Å². The average molecular weight is 278 g/mol. The number of rotatable bonds is 11.